The lowest BCUT2D eigenvalue weighted by atomic mass is 10.1. The summed E-state index contributed by atoms with van der Waals surface area (Å²) in [6.45, 7) is 0. The predicted octanol–water partition coefficient (Wildman–Crippen LogP) is 2.95. The molecule has 0 spiro atoms. The number of fused-ring (bicyclic) bond motifs is 1. The smallest absolute Gasteiger partial charge is 0.449 e. The number of hydrogen-bond donors (Lipinski definition) is 2. The molecular weight excluding hydrogens is 240 g/mol. The third-order valence-electron chi connectivity index (χ3n) is 2.21. The van der Waals surface area contributed by atoms with Crippen LogP contribution in [-0.4, -0.2) is 22.5 Å². The highest BCUT2D eigenvalue weighted by atomic mass is 16.7. The van der Waals surface area contributed by atoms with Crippen LogP contribution in [-0.2, 0) is 0 Å². The molecule has 2 aromatic carbocycles. The van der Waals surface area contributed by atoms with Gasteiger partial charge >= 0.3 is 12.3 Å². The Balaban J connectivity index is 2.55. The van der Waals surface area contributed by atoms with E-state index < -0.39 is 12.3 Å². The first kappa shape index (κ1) is 11.7. The topological polar surface area (TPSA) is 93.1 Å². The number of carbonyl (C=O) groups is 2. The first-order chi connectivity index (χ1) is 8.56. The molecule has 0 heterocycles. The molecule has 0 radical (unpaired) electrons. The first-order valence-corrected chi connectivity index (χ1v) is 4.90. The Bertz CT molecular complexity index is 564. The normalized spacial score (nSPS) is 10.0. The SMILES string of the molecule is O=C(O)Oc1cc2ccccc2cc1OC(=O)O. The zero-order valence-corrected chi connectivity index (χ0v) is 8.99. The van der Waals surface area contributed by atoms with Crippen molar-refractivity contribution in [2.45, 2.75) is 0 Å². The van der Waals surface area contributed by atoms with Gasteiger partial charge in [-0.05, 0) is 22.9 Å². The van der Waals surface area contributed by atoms with Gasteiger partial charge in [0.1, 0.15) is 0 Å². The molecule has 0 aliphatic heterocycles. The minimum atomic E-state index is -1.54. The van der Waals surface area contributed by atoms with Crippen molar-refractivity contribution in [1.29, 1.82) is 0 Å². The second kappa shape index (κ2) is 4.62. The van der Waals surface area contributed by atoms with Gasteiger partial charge < -0.3 is 19.7 Å². The summed E-state index contributed by atoms with van der Waals surface area (Å²) in [6.07, 6.45) is -3.08. The Kier molecular flexibility index (Phi) is 3.01. The highest BCUT2D eigenvalue weighted by molar-refractivity contribution is 5.87. The zero-order valence-electron chi connectivity index (χ0n) is 8.99. The minimum Gasteiger partial charge on any atom is -0.449 e. The van der Waals surface area contributed by atoms with Crippen LogP contribution in [0.4, 0.5) is 9.59 Å². The van der Waals surface area contributed by atoms with Crippen LogP contribution in [0.25, 0.3) is 10.8 Å². The van der Waals surface area contributed by atoms with Crippen molar-refractivity contribution < 1.29 is 29.3 Å². The molecule has 2 N–H and O–H groups in total. The van der Waals surface area contributed by atoms with Crippen LogP contribution in [0.3, 0.4) is 0 Å². The Morgan fingerprint density at radius 3 is 1.56 bits per heavy atom. The third-order valence-corrected chi connectivity index (χ3v) is 2.21. The number of rotatable bonds is 2. The molecule has 0 unspecified atom stereocenters. The fourth-order valence-electron chi connectivity index (χ4n) is 1.55. The standard InChI is InChI=1S/C12H8O6/c13-11(14)17-9-5-7-3-1-2-4-8(7)6-10(9)18-12(15)16/h1-6H,(H,13,14)(H,15,16). The lowest BCUT2D eigenvalue weighted by Gasteiger charge is -2.08. The fourth-order valence-corrected chi connectivity index (χ4v) is 1.55. The highest BCUT2D eigenvalue weighted by Gasteiger charge is 2.13. The Morgan fingerprint density at radius 1 is 0.833 bits per heavy atom. The van der Waals surface area contributed by atoms with Crippen LogP contribution in [0.15, 0.2) is 36.4 Å². The average Bonchev–Trinajstić information content (AvgIpc) is 2.28. The number of ether oxygens (including phenoxy) is 2. The molecule has 0 bridgehead atoms. The van der Waals surface area contributed by atoms with Crippen molar-refractivity contribution in [3.63, 3.8) is 0 Å². The molecule has 92 valence electrons. The second-order valence-corrected chi connectivity index (χ2v) is 3.38. The molecule has 0 amide bonds. The van der Waals surface area contributed by atoms with E-state index in [9.17, 15) is 9.59 Å². The van der Waals surface area contributed by atoms with E-state index in [1.807, 2.05) is 0 Å². The van der Waals surface area contributed by atoms with Crippen molar-refractivity contribution in [1.82, 2.24) is 0 Å². The van der Waals surface area contributed by atoms with Crippen molar-refractivity contribution >= 4 is 23.1 Å². The first-order valence-electron chi connectivity index (χ1n) is 4.90. The highest BCUT2D eigenvalue weighted by Crippen LogP contribution is 2.32. The minimum absolute atomic E-state index is 0.163. The molecule has 0 saturated heterocycles. The van der Waals surface area contributed by atoms with Crippen LogP contribution in [0, 0.1) is 0 Å². The van der Waals surface area contributed by atoms with Gasteiger partial charge in [-0.3, -0.25) is 0 Å². The van der Waals surface area contributed by atoms with Crippen LogP contribution in [0.1, 0.15) is 0 Å². The molecule has 0 fully saturated rings. The Hall–Kier alpha value is -2.76. The van der Waals surface area contributed by atoms with Gasteiger partial charge in [0.2, 0.25) is 0 Å². The molecule has 18 heavy (non-hydrogen) atoms. The third kappa shape index (κ3) is 2.49. The maximum Gasteiger partial charge on any atom is 0.511 e. The van der Waals surface area contributed by atoms with Crippen molar-refractivity contribution in [2.24, 2.45) is 0 Å². The van der Waals surface area contributed by atoms with E-state index in [2.05, 4.69) is 9.47 Å². The van der Waals surface area contributed by atoms with E-state index in [4.69, 9.17) is 10.2 Å². The van der Waals surface area contributed by atoms with Crippen LogP contribution in [0.2, 0.25) is 0 Å². The molecule has 0 aliphatic carbocycles. The molecule has 2 rings (SSSR count). The molecule has 0 saturated carbocycles. The summed E-state index contributed by atoms with van der Waals surface area (Å²) in [7, 11) is 0. The summed E-state index contributed by atoms with van der Waals surface area (Å²) in [5, 5.41) is 18.6. The zero-order chi connectivity index (χ0) is 13.1. The summed E-state index contributed by atoms with van der Waals surface area (Å²) in [4.78, 5) is 21.0. The van der Waals surface area contributed by atoms with Crippen LogP contribution < -0.4 is 9.47 Å². The summed E-state index contributed by atoms with van der Waals surface area (Å²) in [6, 6.07) is 9.84. The maximum atomic E-state index is 10.5. The molecular formula is C12H8O6. The van der Waals surface area contributed by atoms with Crippen molar-refractivity contribution in [3.8, 4) is 11.5 Å². The lowest BCUT2D eigenvalue weighted by Crippen LogP contribution is -2.08. The van der Waals surface area contributed by atoms with Crippen LogP contribution >= 0.6 is 0 Å². The molecule has 6 heteroatoms. The predicted molar refractivity (Wildman–Crippen MR) is 61.3 cm³/mol. The number of benzene rings is 2. The Morgan fingerprint density at radius 2 is 1.22 bits per heavy atom. The van der Waals surface area contributed by atoms with Gasteiger partial charge in [-0.25, -0.2) is 9.59 Å². The Labute approximate surface area is 101 Å². The molecule has 0 aromatic heterocycles. The van der Waals surface area contributed by atoms with E-state index >= 15 is 0 Å². The molecule has 0 aliphatic rings. The summed E-state index contributed by atoms with van der Waals surface area (Å²) in [5.74, 6) is -0.327. The molecule has 2 aromatic rings. The van der Waals surface area contributed by atoms with Gasteiger partial charge in [-0.1, -0.05) is 24.3 Å². The van der Waals surface area contributed by atoms with E-state index in [-0.39, 0.29) is 11.5 Å². The monoisotopic (exact) mass is 248 g/mol. The lowest BCUT2D eigenvalue weighted by molar-refractivity contribution is 0.133. The summed E-state index contributed by atoms with van der Waals surface area (Å²) >= 11 is 0. The van der Waals surface area contributed by atoms with Gasteiger partial charge in [0, 0.05) is 0 Å². The number of carboxylic acid groups (broad SMARTS) is 2. The molecule has 6 nitrogen and oxygen atoms in total. The van der Waals surface area contributed by atoms with Crippen molar-refractivity contribution in [3.05, 3.63) is 36.4 Å². The summed E-state index contributed by atoms with van der Waals surface area (Å²) < 4.78 is 8.97. The van der Waals surface area contributed by atoms with E-state index in [0.717, 1.165) is 0 Å². The fraction of sp³-hybridized carbons (Fsp3) is 0. The molecule has 0 atom stereocenters. The van der Waals surface area contributed by atoms with Crippen molar-refractivity contribution in [2.75, 3.05) is 0 Å². The van der Waals surface area contributed by atoms with Gasteiger partial charge in [-0.2, -0.15) is 0 Å². The van der Waals surface area contributed by atoms with E-state index in [1.54, 1.807) is 24.3 Å². The van der Waals surface area contributed by atoms with Gasteiger partial charge in [-0.15, -0.1) is 0 Å². The quantitative estimate of drug-likeness (QED) is 0.626. The van der Waals surface area contributed by atoms with Gasteiger partial charge in [0.15, 0.2) is 11.5 Å². The maximum absolute atomic E-state index is 10.5. The number of hydrogen-bond acceptors (Lipinski definition) is 4. The average molecular weight is 248 g/mol. The van der Waals surface area contributed by atoms with Gasteiger partial charge in [0.05, 0.1) is 0 Å². The van der Waals surface area contributed by atoms with E-state index in [1.165, 1.54) is 12.1 Å². The second-order valence-electron chi connectivity index (χ2n) is 3.38. The van der Waals surface area contributed by atoms with Crippen LogP contribution in [0.5, 0.6) is 11.5 Å². The largest absolute Gasteiger partial charge is 0.511 e. The summed E-state index contributed by atoms with van der Waals surface area (Å²) in [5.41, 5.74) is 0. The van der Waals surface area contributed by atoms with Gasteiger partial charge in [0.25, 0.3) is 0 Å². The van der Waals surface area contributed by atoms with E-state index in [0.29, 0.717) is 10.8 Å².